The standard InChI is InChI=1S/C24H37N5O/c1-7-28-14-13-20(18(2)16-28)27(6)17-23(30)25-22-15-21(24(3,4)5)26-29(22)19-11-9-8-10-12-19/h8-12,15,18,20H,7,13-14,16-17H2,1-6H3,(H,25,30). The first-order valence-corrected chi connectivity index (χ1v) is 11.1. The lowest BCUT2D eigenvalue weighted by Gasteiger charge is -2.40. The van der Waals surface area contributed by atoms with E-state index in [4.69, 9.17) is 5.10 Å². The number of hydrogen-bond acceptors (Lipinski definition) is 4. The van der Waals surface area contributed by atoms with Gasteiger partial charge in [-0.15, -0.1) is 0 Å². The highest BCUT2D eigenvalue weighted by molar-refractivity contribution is 5.91. The van der Waals surface area contributed by atoms with Crippen molar-refractivity contribution in [1.29, 1.82) is 0 Å². The number of hydrogen-bond donors (Lipinski definition) is 1. The summed E-state index contributed by atoms with van der Waals surface area (Å²) in [6.45, 7) is 14.6. The van der Waals surface area contributed by atoms with Gasteiger partial charge < -0.3 is 10.2 Å². The molecule has 0 saturated carbocycles. The van der Waals surface area contributed by atoms with Gasteiger partial charge in [0.25, 0.3) is 0 Å². The summed E-state index contributed by atoms with van der Waals surface area (Å²) in [7, 11) is 2.07. The molecule has 1 amide bonds. The van der Waals surface area contributed by atoms with Gasteiger partial charge in [0, 0.05) is 24.1 Å². The number of para-hydroxylation sites is 1. The highest BCUT2D eigenvalue weighted by atomic mass is 16.2. The molecule has 164 valence electrons. The number of amides is 1. The molecule has 2 heterocycles. The number of likely N-dealkylation sites (tertiary alicyclic amines) is 1. The van der Waals surface area contributed by atoms with Crippen molar-refractivity contribution in [2.75, 3.05) is 38.5 Å². The highest BCUT2D eigenvalue weighted by Gasteiger charge is 2.29. The van der Waals surface area contributed by atoms with Crippen LogP contribution in [-0.4, -0.2) is 64.8 Å². The fraction of sp³-hybridized carbons (Fsp3) is 0.583. The Kier molecular flexibility index (Phi) is 6.98. The van der Waals surface area contributed by atoms with Crippen LogP contribution in [0.15, 0.2) is 36.4 Å². The fourth-order valence-electron chi connectivity index (χ4n) is 4.29. The van der Waals surface area contributed by atoms with Crippen LogP contribution in [0.3, 0.4) is 0 Å². The molecule has 0 radical (unpaired) electrons. The Hall–Kier alpha value is -2.18. The average Bonchev–Trinajstić information content (AvgIpc) is 3.12. The van der Waals surface area contributed by atoms with E-state index < -0.39 is 0 Å². The third-order valence-electron chi connectivity index (χ3n) is 6.10. The number of aromatic nitrogens is 2. The van der Waals surface area contributed by atoms with Crippen molar-refractivity contribution in [3.8, 4) is 5.69 Å². The molecule has 1 aromatic heterocycles. The molecule has 1 fully saturated rings. The van der Waals surface area contributed by atoms with Crippen LogP contribution in [0, 0.1) is 5.92 Å². The van der Waals surface area contributed by atoms with Crippen molar-refractivity contribution in [1.82, 2.24) is 19.6 Å². The molecule has 0 aliphatic carbocycles. The van der Waals surface area contributed by atoms with Crippen molar-refractivity contribution in [2.45, 2.75) is 52.5 Å². The van der Waals surface area contributed by atoms with E-state index in [0.29, 0.717) is 18.5 Å². The lowest BCUT2D eigenvalue weighted by Crippen LogP contribution is -2.50. The molecule has 1 aliphatic heterocycles. The number of rotatable bonds is 6. The van der Waals surface area contributed by atoms with E-state index in [-0.39, 0.29) is 11.3 Å². The third-order valence-corrected chi connectivity index (χ3v) is 6.10. The summed E-state index contributed by atoms with van der Waals surface area (Å²) in [5.41, 5.74) is 1.80. The lowest BCUT2D eigenvalue weighted by molar-refractivity contribution is -0.118. The van der Waals surface area contributed by atoms with Gasteiger partial charge >= 0.3 is 0 Å². The summed E-state index contributed by atoms with van der Waals surface area (Å²) < 4.78 is 1.83. The molecular formula is C24H37N5O. The molecule has 6 heteroatoms. The van der Waals surface area contributed by atoms with Gasteiger partial charge in [0.2, 0.25) is 5.91 Å². The minimum atomic E-state index is -0.0982. The predicted octanol–water partition coefficient (Wildman–Crippen LogP) is 3.77. The fourth-order valence-corrected chi connectivity index (χ4v) is 4.29. The molecule has 1 saturated heterocycles. The number of piperidine rings is 1. The van der Waals surface area contributed by atoms with Crippen LogP contribution in [0.2, 0.25) is 0 Å². The lowest BCUT2D eigenvalue weighted by atomic mass is 9.92. The number of nitrogens with zero attached hydrogens (tertiary/aromatic N) is 4. The van der Waals surface area contributed by atoms with Gasteiger partial charge in [-0.3, -0.25) is 9.69 Å². The van der Waals surface area contributed by atoms with Crippen LogP contribution in [0.5, 0.6) is 0 Å². The van der Waals surface area contributed by atoms with Gasteiger partial charge in [-0.05, 0) is 44.6 Å². The van der Waals surface area contributed by atoms with Crippen LogP contribution < -0.4 is 5.32 Å². The SMILES string of the molecule is CCN1CCC(N(C)CC(=O)Nc2cc(C(C)(C)C)nn2-c2ccccc2)C(C)C1. The Bertz CT molecular complexity index is 839. The quantitative estimate of drug-likeness (QED) is 0.786. The molecule has 1 aliphatic rings. The van der Waals surface area contributed by atoms with Gasteiger partial charge in [-0.25, -0.2) is 4.68 Å². The molecule has 1 N–H and O–H groups in total. The summed E-state index contributed by atoms with van der Waals surface area (Å²) in [6.07, 6.45) is 1.11. The second-order valence-electron chi connectivity index (χ2n) is 9.60. The van der Waals surface area contributed by atoms with E-state index in [1.54, 1.807) is 0 Å². The van der Waals surface area contributed by atoms with E-state index in [1.807, 2.05) is 41.1 Å². The van der Waals surface area contributed by atoms with Crippen molar-refractivity contribution in [2.24, 2.45) is 5.92 Å². The first-order valence-electron chi connectivity index (χ1n) is 11.1. The van der Waals surface area contributed by atoms with Crippen LogP contribution in [0.25, 0.3) is 5.69 Å². The highest BCUT2D eigenvalue weighted by Crippen LogP contribution is 2.26. The Morgan fingerprint density at radius 3 is 2.57 bits per heavy atom. The van der Waals surface area contributed by atoms with Gasteiger partial charge in [0.05, 0.1) is 17.9 Å². The Labute approximate surface area is 181 Å². The number of carbonyl (C=O) groups excluding carboxylic acids is 1. The smallest absolute Gasteiger partial charge is 0.239 e. The summed E-state index contributed by atoms with van der Waals surface area (Å²) >= 11 is 0. The number of carbonyl (C=O) groups is 1. The Morgan fingerprint density at radius 1 is 1.27 bits per heavy atom. The number of anilines is 1. The number of benzene rings is 1. The number of nitrogens with one attached hydrogen (secondary N) is 1. The van der Waals surface area contributed by atoms with Gasteiger partial charge in [-0.2, -0.15) is 5.10 Å². The summed E-state index contributed by atoms with van der Waals surface area (Å²) in [6, 6.07) is 12.4. The maximum Gasteiger partial charge on any atom is 0.239 e. The van der Waals surface area contributed by atoms with Crippen LogP contribution >= 0.6 is 0 Å². The van der Waals surface area contributed by atoms with E-state index in [1.165, 1.54) is 0 Å². The van der Waals surface area contributed by atoms with Gasteiger partial charge in [0.1, 0.15) is 5.82 Å². The maximum absolute atomic E-state index is 12.9. The third kappa shape index (κ3) is 5.29. The van der Waals surface area contributed by atoms with Crippen LogP contribution in [0.4, 0.5) is 5.82 Å². The summed E-state index contributed by atoms with van der Waals surface area (Å²) in [4.78, 5) is 17.6. The molecule has 0 spiro atoms. The predicted molar refractivity (Wildman–Crippen MR) is 123 cm³/mol. The van der Waals surface area contributed by atoms with E-state index in [0.717, 1.165) is 43.3 Å². The monoisotopic (exact) mass is 411 g/mol. The minimum Gasteiger partial charge on any atom is -0.309 e. The molecule has 1 aromatic carbocycles. The molecule has 2 unspecified atom stereocenters. The zero-order valence-electron chi connectivity index (χ0n) is 19.4. The number of likely N-dealkylation sites (N-methyl/N-ethyl adjacent to an activating group) is 1. The second-order valence-corrected chi connectivity index (χ2v) is 9.60. The first-order chi connectivity index (χ1) is 14.2. The Balaban J connectivity index is 1.72. The molecule has 2 aromatic rings. The van der Waals surface area contributed by atoms with Crippen molar-refractivity contribution in [3.05, 3.63) is 42.1 Å². The van der Waals surface area contributed by atoms with Crippen LogP contribution in [0.1, 0.15) is 46.7 Å². The maximum atomic E-state index is 12.9. The zero-order valence-corrected chi connectivity index (χ0v) is 19.4. The second kappa shape index (κ2) is 9.31. The van der Waals surface area contributed by atoms with Crippen molar-refractivity contribution < 1.29 is 4.79 Å². The normalized spacial score (nSPS) is 20.5. The van der Waals surface area contributed by atoms with Crippen molar-refractivity contribution >= 4 is 11.7 Å². The molecule has 6 nitrogen and oxygen atoms in total. The largest absolute Gasteiger partial charge is 0.309 e. The summed E-state index contributed by atoms with van der Waals surface area (Å²) in [5.74, 6) is 1.28. The molecule has 0 bridgehead atoms. The molecule has 3 rings (SSSR count). The van der Waals surface area contributed by atoms with E-state index in [9.17, 15) is 4.79 Å². The molecule has 2 atom stereocenters. The Morgan fingerprint density at radius 2 is 1.97 bits per heavy atom. The van der Waals surface area contributed by atoms with Crippen molar-refractivity contribution in [3.63, 3.8) is 0 Å². The molecule has 30 heavy (non-hydrogen) atoms. The molecular weight excluding hydrogens is 374 g/mol. The van der Waals surface area contributed by atoms with Gasteiger partial charge in [0.15, 0.2) is 0 Å². The van der Waals surface area contributed by atoms with Crippen LogP contribution in [-0.2, 0) is 10.2 Å². The van der Waals surface area contributed by atoms with E-state index >= 15 is 0 Å². The topological polar surface area (TPSA) is 53.4 Å². The van der Waals surface area contributed by atoms with E-state index in [2.05, 4.69) is 56.8 Å². The minimum absolute atomic E-state index is 0.000149. The summed E-state index contributed by atoms with van der Waals surface area (Å²) in [5, 5.41) is 7.90. The first kappa shape index (κ1) is 22.5. The average molecular weight is 412 g/mol. The zero-order chi connectivity index (χ0) is 21.9. The van der Waals surface area contributed by atoms with Gasteiger partial charge in [-0.1, -0.05) is 52.8 Å².